The molecule has 4 aromatic carbocycles. The number of para-hydroxylation sites is 1. The standard InChI is InChI=1S/C30H23FN2O2S/c31-25-16-12-23(13-17-25)20-33-26-8-4-5-9-27(26)36-28(30(33)35)18-21-10-14-24(15-11-21)29(34)32-19-22-6-2-1-3-7-22/h1-18H,19-20H2,(H,32,34)/b28-18-. The first-order valence-electron chi connectivity index (χ1n) is 11.5. The van der Waals surface area contributed by atoms with E-state index in [-0.39, 0.29) is 17.6 Å². The van der Waals surface area contributed by atoms with Crippen LogP contribution in [0.15, 0.2) is 113 Å². The smallest absolute Gasteiger partial charge is 0.265 e. The minimum Gasteiger partial charge on any atom is -0.348 e. The second-order valence-corrected chi connectivity index (χ2v) is 9.47. The van der Waals surface area contributed by atoms with E-state index in [0.717, 1.165) is 27.3 Å². The number of halogens is 1. The van der Waals surface area contributed by atoms with E-state index >= 15 is 0 Å². The molecule has 0 unspecified atom stereocenters. The number of hydrogen-bond donors (Lipinski definition) is 1. The van der Waals surface area contributed by atoms with Gasteiger partial charge in [-0.2, -0.15) is 0 Å². The van der Waals surface area contributed by atoms with Crippen LogP contribution in [0.4, 0.5) is 10.1 Å². The molecule has 0 saturated heterocycles. The van der Waals surface area contributed by atoms with Gasteiger partial charge in [-0.15, -0.1) is 0 Å². The first kappa shape index (κ1) is 23.6. The highest BCUT2D eigenvalue weighted by molar-refractivity contribution is 8.04. The molecule has 2 amide bonds. The van der Waals surface area contributed by atoms with Gasteiger partial charge in [0.1, 0.15) is 5.82 Å². The highest BCUT2D eigenvalue weighted by Crippen LogP contribution is 2.42. The molecule has 0 bridgehead atoms. The van der Waals surface area contributed by atoms with Gasteiger partial charge in [-0.05, 0) is 59.2 Å². The Morgan fingerprint density at radius 3 is 2.28 bits per heavy atom. The molecule has 1 aliphatic heterocycles. The summed E-state index contributed by atoms with van der Waals surface area (Å²) in [4.78, 5) is 29.3. The summed E-state index contributed by atoms with van der Waals surface area (Å²) in [5.41, 5.74) is 4.09. The number of thioether (sulfide) groups is 1. The molecule has 0 aromatic heterocycles. The zero-order valence-electron chi connectivity index (χ0n) is 19.4. The lowest BCUT2D eigenvalue weighted by molar-refractivity contribution is -0.114. The third-order valence-electron chi connectivity index (χ3n) is 5.85. The fourth-order valence-electron chi connectivity index (χ4n) is 3.95. The average Bonchev–Trinajstić information content (AvgIpc) is 2.92. The van der Waals surface area contributed by atoms with Gasteiger partial charge in [0.15, 0.2) is 0 Å². The van der Waals surface area contributed by atoms with Crippen molar-refractivity contribution in [3.8, 4) is 0 Å². The number of rotatable bonds is 6. The molecular weight excluding hydrogens is 471 g/mol. The van der Waals surface area contributed by atoms with Crippen LogP contribution in [0.3, 0.4) is 0 Å². The lowest BCUT2D eigenvalue weighted by Crippen LogP contribution is -2.33. The minimum atomic E-state index is -0.308. The van der Waals surface area contributed by atoms with Crippen molar-refractivity contribution in [3.63, 3.8) is 0 Å². The van der Waals surface area contributed by atoms with E-state index < -0.39 is 0 Å². The van der Waals surface area contributed by atoms with E-state index in [1.54, 1.807) is 29.2 Å². The van der Waals surface area contributed by atoms with Crippen LogP contribution in [-0.2, 0) is 17.9 Å². The number of nitrogens with zero attached hydrogens (tertiary/aromatic N) is 1. The summed E-state index contributed by atoms with van der Waals surface area (Å²) >= 11 is 1.42. The Morgan fingerprint density at radius 1 is 0.833 bits per heavy atom. The van der Waals surface area contributed by atoms with Gasteiger partial charge in [0.25, 0.3) is 11.8 Å². The van der Waals surface area contributed by atoms with Gasteiger partial charge in [0.05, 0.1) is 17.1 Å². The molecule has 0 atom stereocenters. The molecule has 1 N–H and O–H groups in total. The SMILES string of the molecule is O=C(NCc1ccccc1)c1ccc(/C=C2\Sc3ccccc3N(Cc3ccc(F)cc3)C2=O)cc1. The summed E-state index contributed by atoms with van der Waals surface area (Å²) in [6.07, 6.45) is 1.84. The molecule has 0 fully saturated rings. The highest BCUT2D eigenvalue weighted by Gasteiger charge is 2.29. The van der Waals surface area contributed by atoms with Crippen molar-refractivity contribution in [2.24, 2.45) is 0 Å². The molecule has 178 valence electrons. The summed E-state index contributed by atoms with van der Waals surface area (Å²) < 4.78 is 13.4. The summed E-state index contributed by atoms with van der Waals surface area (Å²) in [6, 6.07) is 30.9. The molecule has 0 radical (unpaired) electrons. The van der Waals surface area contributed by atoms with Crippen molar-refractivity contribution in [3.05, 3.63) is 136 Å². The first-order valence-corrected chi connectivity index (χ1v) is 12.4. The Kier molecular flexibility index (Phi) is 6.96. The quantitative estimate of drug-likeness (QED) is 0.314. The van der Waals surface area contributed by atoms with E-state index in [2.05, 4.69) is 5.32 Å². The fourth-order valence-corrected chi connectivity index (χ4v) is 5.01. The van der Waals surface area contributed by atoms with Gasteiger partial charge >= 0.3 is 0 Å². The number of amides is 2. The number of carbonyl (C=O) groups excluding carboxylic acids is 2. The largest absolute Gasteiger partial charge is 0.348 e. The minimum absolute atomic E-state index is 0.118. The predicted molar refractivity (Wildman–Crippen MR) is 142 cm³/mol. The van der Waals surface area contributed by atoms with E-state index in [9.17, 15) is 14.0 Å². The summed E-state index contributed by atoms with van der Waals surface area (Å²) in [7, 11) is 0. The van der Waals surface area contributed by atoms with Crippen LogP contribution in [0, 0.1) is 5.82 Å². The maximum Gasteiger partial charge on any atom is 0.265 e. The van der Waals surface area contributed by atoms with Crippen molar-refractivity contribution in [1.82, 2.24) is 5.32 Å². The van der Waals surface area contributed by atoms with Crippen molar-refractivity contribution in [2.75, 3.05) is 4.90 Å². The zero-order valence-corrected chi connectivity index (χ0v) is 20.2. The monoisotopic (exact) mass is 494 g/mol. The van der Waals surface area contributed by atoms with E-state index in [0.29, 0.717) is 23.6 Å². The molecule has 5 rings (SSSR count). The number of fused-ring (bicyclic) bond motifs is 1. The van der Waals surface area contributed by atoms with E-state index in [1.165, 1.54) is 23.9 Å². The average molecular weight is 495 g/mol. The van der Waals surface area contributed by atoms with Crippen LogP contribution in [0.25, 0.3) is 6.08 Å². The third-order valence-corrected chi connectivity index (χ3v) is 6.93. The number of nitrogens with one attached hydrogen (secondary N) is 1. The van der Waals surface area contributed by atoms with Crippen LogP contribution in [0.2, 0.25) is 0 Å². The van der Waals surface area contributed by atoms with E-state index in [1.807, 2.05) is 72.8 Å². The molecule has 4 nitrogen and oxygen atoms in total. The normalized spacial score (nSPS) is 14.0. The summed E-state index contributed by atoms with van der Waals surface area (Å²) in [5.74, 6) is -0.578. The summed E-state index contributed by atoms with van der Waals surface area (Å²) in [6.45, 7) is 0.800. The molecule has 0 saturated carbocycles. The van der Waals surface area contributed by atoms with Gasteiger partial charge in [-0.3, -0.25) is 9.59 Å². The number of hydrogen-bond acceptors (Lipinski definition) is 3. The molecule has 36 heavy (non-hydrogen) atoms. The lowest BCUT2D eigenvalue weighted by atomic mass is 10.1. The molecule has 4 aromatic rings. The van der Waals surface area contributed by atoms with Crippen LogP contribution in [-0.4, -0.2) is 11.8 Å². The Morgan fingerprint density at radius 2 is 1.53 bits per heavy atom. The third kappa shape index (κ3) is 5.39. The van der Waals surface area contributed by atoms with Crippen LogP contribution < -0.4 is 10.2 Å². The second-order valence-electron chi connectivity index (χ2n) is 8.39. The topological polar surface area (TPSA) is 49.4 Å². The molecule has 1 heterocycles. The van der Waals surface area contributed by atoms with Crippen molar-refractivity contribution in [2.45, 2.75) is 18.0 Å². The van der Waals surface area contributed by atoms with Crippen LogP contribution >= 0.6 is 11.8 Å². The maximum atomic E-state index is 13.5. The maximum absolute atomic E-state index is 13.5. The van der Waals surface area contributed by atoms with Gasteiger partial charge in [-0.25, -0.2) is 4.39 Å². The Labute approximate surface area is 213 Å². The van der Waals surface area contributed by atoms with Crippen molar-refractivity contribution >= 4 is 35.3 Å². The molecule has 0 aliphatic carbocycles. The van der Waals surface area contributed by atoms with Gasteiger partial charge in [0, 0.05) is 17.0 Å². The van der Waals surface area contributed by atoms with Crippen molar-refractivity contribution in [1.29, 1.82) is 0 Å². The molecule has 0 spiro atoms. The second kappa shape index (κ2) is 10.6. The Hall–Kier alpha value is -4.16. The first-order chi connectivity index (χ1) is 17.6. The molecular formula is C30H23FN2O2S. The Bertz CT molecular complexity index is 1420. The van der Waals surface area contributed by atoms with Gasteiger partial charge < -0.3 is 10.2 Å². The Balaban J connectivity index is 1.34. The van der Waals surface area contributed by atoms with Crippen molar-refractivity contribution < 1.29 is 14.0 Å². The molecule has 1 aliphatic rings. The predicted octanol–water partition coefficient (Wildman–Crippen LogP) is 6.44. The van der Waals surface area contributed by atoms with Gasteiger partial charge in [0.2, 0.25) is 0 Å². The number of anilines is 1. The van der Waals surface area contributed by atoms with Crippen LogP contribution in [0.5, 0.6) is 0 Å². The zero-order chi connectivity index (χ0) is 24.9. The molecule has 6 heteroatoms. The number of carbonyl (C=O) groups is 2. The summed E-state index contributed by atoms with van der Waals surface area (Å²) in [5, 5.41) is 2.92. The van der Waals surface area contributed by atoms with Crippen LogP contribution in [0.1, 0.15) is 27.0 Å². The highest BCUT2D eigenvalue weighted by atomic mass is 32.2. The van der Waals surface area contributed by atoms with Gasteiger partial charge in [-0.1, -0.05) is 78.5 Å². The number of benzene rings is 4. The van der Waals surface area contributed by atoms with E-state index in [4.69, 9.17) is 0 Å². The fraction of sp³-hybridized carbons (Fsp3) is 0.0667. The lowest BCUT2D eigenvalue weighted by Gasteiger charge is -2.30.